The van der Waals surface area contributed by atoms with Crippen LogP contribution < -0.4 is 10.2 Å². The number of carbonyl (C=O) groups excluding carboxylic acids is 1. The number of carbonyl (C=O) groups is 1. The highest BCUT2D eigenvalue weighted by atomic mass is 16.5. The van der Waals surface area contributed by atoms with Crippen molar-refractivity contribution in [2.24, 2.45) is 0 Å². The Morgan fingerprint density at radius 2 is 2.10 bits per heavy atom. The summed E-state index contributed by atoms with van der Waals surface area (Å²) in [6.45, 7) is 5.20. The average Bonchev–Trinajstić information content (AvgIpc) is 3.43. The van der Waals surface area contributed by atoms with Gasteiger partial charge in [0, 0.05) is 62.5 Å². The molecule has 0 aliphatic carbocycles. The van der Waals surface area contributed by atoms with Crippen LogP contribution in [0.5, 0.6) is 0 Å². The van der Waals surface area contributed by atoms with Gasteiger partial charge in [-0.25, -0.2) is 15.0 Å². The van der Waals surface area contributed by atoms with Crippen LogP contribution in [0.3, 0.4) is 0 Å². The Kier molecular flexibility index (Phi) is 5.55. The summed E-state index contributed by atoms with van der Waals surface area (Å²) in [5.74, 6) is 1.23. The molecule has 31 heavy (non-hydrogen) atoms. The molecule has 5 heterocycles. The van der Waals surface area contributed by atoms with Gasteiger partial charge in [0.2, 0.25) is 11.9 Å². The van der Waals surface area contributed by atoms with E-state index in [9.17, 15) is 4.79 Å². The number of ether oxygens (including phenoxy) is 1. The lowest BCUT2D eigenvalue weighted by molar-refractivity contribution is -0.121. The molecule has 0 spiro atoms. The first-order valence-electron chi connectivity index (χ1n) is 11.0. The van der Waals surface area contributed by atoms with Crippen LogP contribution in [-0.2, 0) is 16.0 Å². The summed E-state index contributed by atoms with van der Waals surface area (Å²) in [5.41, 5.74) is 4.00. The summed E-state index contributed by atoms with van der Waals surface area (Å²) in [4.78, 5) is 28.6. The second kappa shape index (κ2) is 8.63. The van der Waals surface area contributed by atoms with Gasteiger partial charge >= 0.3 is 0 Å². The van der Waals surface area contributed by atoms with Gasteiger partial charge in [0.05, 0.1) is 12.1 Å². The maximum absolute atomic E-state index is 12.7. The molecule has 8 heteroatoms. The van der Waals surface area contributed by atoms with Crippen molar-refractivity contribution in [3.8, 4) is 0 Å². The Bertz CT molecular complexity index is 1070. The number of aromatic nitrogens is 4. The Labute approximate surface area is 181 Å². The maximum Gasteiger partial charge on any atom is 0.226 e. The Morgan fingerprint density at radius 3 is 2.97 bits per heavy atom. The molecule has 3 aromatic rings. The molecule has 1 amide bonds. The monoisotopic (exact) mass is 420 g/mol. The summed E-state index contributed by atoms with van der Waals surface area (Å²) in [5, 5.41) is 3.18. The number of imidazole rings is 1. The molecule has 2 fully saturated rings. The highest BCUT2D eigenvalue weighted by Crippen LogP contribution is 2.27. The topological polar surface area (TPSA) is 84.7 Å². The van der Waals surface area contributed by atoms with Crippen molar-refractivity contribution in [2.45, 2.75) is 44.6 Å². The van der Waals surface area contributed by atoms with E-state index in [2.05, 4.69) is 20.2 Å². The normalized spacial score (nSPS) is 19.8. The van der Waals surface area contributed by atoms with Gasteiger partial charge in [-0.05, 0) is 43.9 Å². The SMILES string of the molecule is Cc1cccn2c(CC(=O)NC3CCN(c4nccc(C5CCOCC5)n4)C3)cnc12. The number of amides is 1. The molecule has 5 rings (SSSR count). The first-order valence-corrected chi connectivity index (χ1v) is 11.0. The Hall–Kier alpha value is -3.00. The van der Waals surface area contributed by atoms with Gasteiger partial charge in [-0.15, -0.1) is 0 Å². The average molecular weight is 421 g/mol. The minimum Gasteiger partial charge on any atom is -0.381 e. The molecular weight excluding hydrogens is 392 g/mol. The summed E-state index contributed by atoms with van der Waals surface area (Å²) in [6.07, 6.45) is 8.83. The second-order valence-electron chi connectivity index (χ2n) is 8.48. The van der Waals surface area contributed by atoms with Crippen molar-refractivity contribution in [2.75, 3.05) is 31.2 Å². The number of hydrogen-bond donors (Lipinski definition) is 1. The van der Waals surface area contributed by atoms with Crippen LogP contribution in [-0.4, -0.2) is 57.6 Å². The number of nitrogens with zero attached hydrogens (tertiary/aromatic N) is 5. The quantitative estimate of drug-likeness (QED) is 0.682. The van der Waals surface area contributed by atoms with Gasteiger partial charge in [-0.1, -0.05) is 6.07 Å². The zero-order valence-corrected chi connectivity index (χ0v) is 17.8. The maximum atomic E-state index is 12.7. The van der Waals surface area contributed by atoms with Crippen molar-refractivity contribution in [3.05, 3.63) is 53.7 Å². The van der Waals surface area contributed by atoms with Gasteiger partial charge in [0.1, 0.15) is 5.65 Å². The molecule has 1 unspecified atom stereocenters. The number of rotatable bonds is 5. The largest absolute Gasteiger partial charge is 0.381 e. The van der Waals surface area contributed by atoms with E-state index >= 15 is 0 Å². The molecule has 2 aliphatic heterocycles. The lowest BCUT2D eigenvalue weighted by Crippen LogP contribution is -2.38. The fourth-order valence-electron chi connectivity index (χ4n) is 4.57. The summed E-state index contributed by atoms with van der Waals surface area (Å²) in [6, 6.07) is 6.13. The van der Waals surface area contributed by atoms with Crippen molar-refractivity contribution < 1.29 is 9.53 Å². The zero-order chi connectivity index (χ0) is 21.2. The molecule has 0 radical (unpaired) electrons. The number of nitrogens with one attached hydrogen (secondary N) is 1. The van der Waals surface area contributed by atoms with Crippen LogP contribution in [0.4, 0.5) is 5.95 Å². The lowest BCUT2D eigenvalue weighted by Gasteiger charge is -2.23. The van der Waals surface area contributed by atoms with Gasteiger partial charge in [0.25, 0.3) is 0 Å². The third-order valence-electron chi connectivity index (χ3n) is 6.29. The minimum atomic E-state index is 0.0204. The molecule has 3 aromatic heterocycles. The van der Waals surface area contributed by atoms with Crippen LogP contribution in [0.1, 0.15) is 42.1 Å². The molecule has 0 aromatic carbocycles. The molecule has 2 saturated heterocycles. The zero-order valence-electron chi connectivity index (χ0n) is 17.8. The number of fused-ring (bicyclic) bond motifs is 1. The van der Waals surface area contributed by atoms with Crippen molar-refractivity contribution >= 4 is 17.5 Å². The van der Waals surface area contributed by atoms with Gasteiger partial charge in [-0.3, -0.25) is 4.79 Å². The molecule has 0 saturated carbocycles. The predicted molar refractivity (Wildman–Crippen MR) is 117 cm³/mol. The smallest absolute Gasteiger partial charge is 0.226 e. The van der Waals surface area contributed by atoms with E-state index in [0.29, 0.717) is 12.3 Å². The number of hydrogen-bond acceptors (Lipinski definition) is 6. The third kappa shape index (κ3) is 4.25. The van der Waals surface area contributed by atoms with E-state index in [4.69, 9.17) is 9.72 Å². The first-order chi connectivity index (χ1) is 15.2. The van der Waals surface area contributed by atoms with Crippen molar-refractivity contribution in [1.82, 2.24) is 24.7 Å². The van der Waals surface area contributed by atoms with E-state index < -0.39 is 0 Å². The second-order valence-corrected chi connectivity index (χ2v) is 8.48. The first kappa shape index (κ1) is 19.9. The van der Waals surface area contributed by atoms with Crippen LogP contribution in [0, 0.1) is 6.92 Å². The van der Waals surface area contributed by atoms with E-state index in [1.807, 2.05) is 41.9 Å². The molecule has 162 valence electrons. The summed E-state index contributed by atoms with van der Waals surface area (Å²) >= 11 is 0. The van der Waals surface area contributed by atoms with E-state index in [0.717, 1.165) is 74.1 Å². The minimum absolute atomic E-state index is 0.0204. The number of anilines is 1. The van der Waals surface area contributed by atoms with Gasteiger partial charge in [-0.2, -0.15) is 0 Å². The lowest BCUT2D eigenvalue weighted by atomic mass is 9.96. The highest BCUT2D eigenvalue weighted by molar-refractivity contribution is 5.79. The van der Waals surface area contributed by atoms with Crippen LogP contribution in [0.15, 0.2) is 36.8 Å². The number of pyridine rings is 1. The molecule has 1 atom stereocenters. The fraction of sp³-hybridized carbons (Fsp3) is 0.478. The van der Waals surface area contributed by atoms with Crippen LogP contribution in [0.25, 0.3) is 5.65 Å². The van der Waals surface area contributed by atoms with Gasteiger partial charge in [0.15, 0.2) is 0 Å². The van der Waals surface area contributed by atoms with E-state index in [1.165, 1.54) is 0 Å². The van der Waals surface area contributed by atoms with Crippen LogP contribution >= 0.6 is 0 Å². The molecule has 2 aliphatic rings. The summed E-state index contributed by atoms with van der Waals surface area (Å²) < 4.78 is 7.46. The molecule has 8 nitrogen and oxygen atoms in total. The third-order valence-corrected chi connectivity index (χ3v) is 6.29. The van der Waals surface area contributed by atoms with Crippen molar-refractivity contribution in [3.63, 3.8) is 0 Å². The predicted octanol–water partition coefficient (Wildman–Crippen LogP) is 2.26. The fourth-order valence-corrected chi connectivity index (χ4v) is 4.57. The van der Waals surface area contributed by atoms with Crippen molar-refractivity contribution in [1.29, 1.82) is 0 Å². The number of aryl methyl sites for hydroxylation is 1. The Morgan fingerprint density at radius 1 is 1.23 bits per heavy atom. The molecule has 1 N–H and O–H groups in total. The molecular formula is C23H28N6O2. The molecule has 0 bridgehead atoms. The van der Waals surface area contributed by atoms with Gasteiger partial charge < -0.3 is 19.4 Å². The Balaban J connectivity index is 1.20. The highest BCUT2D eigenvalue weighted by Gasteiger charge is 2.27. The van der Waals surface area contributed by atoms with Crippen LogP contribution in [0.2, 0.25) is 0 Å². The standard InChI is InChI=1S/C23H28N6O2/c1-16-3-2-9-29-19(14-25-22(16)29)13-21(30)26-18-5-10-28(15-18)23-24-8-4-20(27-23)17-6-11-31-12-7-17/h2-4,8-9,14,17-18H,5-7,10-13,15H2,1H3,(H,26,30). The van der Waals surface area contributed by atoms with E-state index in [-0.39, 0.29) is 11.9 Å². The van der Waals surface area contributed by atoms with E-state index in [1.54, 1.807) is 6.20 Å². The summed E-state index contributed by atoms with van der Waals surface area (Å²) in [7, 11) is 0.